The smallest absolute Gasteiger partial charge is 0.258 e. The lowest BCUT2D eigenvalue weighted by molar-refractivity contribution is -0.0305. The van der Waals surface area contributed by atoms with E-state index in [4.69, 9.17) is 16.0 Å². The summed E-state index contributed by atoms with van der Waals surface area (Å²) in [5, 5.41) is 12.0. The Morgan fingerprint density at radius 2 is 1.68 bits per heavy atom. The van der Waals surface area contributed by atoms with Crippen molar-refractivity contribution in [1.82, 2.24) is 4.90 Å². The van der Waals surface area contributed by atoms with Crippen molar-refractivity contribution in [2.45, 2.75) is 84.5 Å². The third-order valence-corrected chi connectivity index (χ3v) is 13.2. The monoisotopic (exact) mass is 613 g/mol. The van der Waals surface area contributed by atoms with Crippen molar-refractivity contribution in [2.24, 2.45) is 5.92 Å². The predicted octanol–water partition coefficient (Wildman–Crippen LogP) is 8.05. The van der Waals surface area contributed by atoms with E-state index in [0.717, 1.165) is 14.7 Å². The van der Waals surface area contributed by atoms with Crippen LogP contribution in [0.15, 0.2) is 36.4 Å². The van der Waals surface area contributed by atoms with E-state index in [1.54, 1.807) is 4.90 Å². The summed E-state index contributed by atoms with van der Waals surface area (Å²) in [6.07, 6.45) is -1.37. The fourth-order valence-electron chi connectivity index (χ4n) is 4.29. The molecule has 3 rings (SSSR count). The second-order valence-electron chi connectivity index (χ2n) is 11.6. The lowest BCUT2D eigenvalue weighted by Gasteiger charge is -2.41. The normalized spacial score (nSPS) is 18.0. The van der Waals surface area contributed by atoms with Crippen LogP contribution in [0.4, 0.5) is 0 Å². The van der Waals surface area contributed by atoms with E-state index in [2.05, 4.69) is 70.3 Å². The number of carbonyl (C=O) groups is 1. The molecule has 2 atom stereocenters. The summed E-state index contributed by atoms with van der Waals surface area (Å²) in [6.45, 7) is 19.3. The van der Waals surface area contributed by atoms with Crippen LogP contribution in [-0.2, 0) is 9.96 Å². The predicted molar refractivity (Wildman–Crippen MR) is 151 cm³/mol. The van der Waals surface area contributed by atoms with Crippen molar-refractivity contribution in [2.75, 3.05) is 0 Å². The molecule has 186 valence electrons. The van der Waals surface area contributed by atoms with Gasteiger partial charge < -0.3 is 9.53 Å². The number of rotatable bonds is 6. The largest absolute Gasteiger partial charge is 0.410 e. The van der Waals surface area contributed by atoms with Gasteiger partial charge in [0.05, 0.1) is 22.2 Å². The summed E-state index contributed by atoms with van der Waals surface area (Å²) in [5.74, 6) is -0.0350. The number of amides is 1. The first-order chi connectivity index (χ1) is 15.5. The Kier molecular flexibility index (Phi) is 7.73. The molecule has 1 N–H and O–H groups in total. The number of hydrogen-bond acceptors (Lipinski definition) is 3. The van der Waals surface area contributed by atoms with E-state index in [9.17, 15) is 9.90 Å². The van der Waals surface area contributed by atoms with Gasteiger partial charge in [-0.3, -0.25) is 9.69 Å². The molecule has 1 amide bonds. The third kappa shape index (κ3) is 4.73. The lowest BCUT2D eigenvalue weighted by Crippen LogP contribution is -2.44. The van der Waals surface area contributed by atoms with Crippen LogP contribution in [0.2, 0.25) is 23.2 Å². The maximum absolute atomic E-state index is 13.7. The van der Waals surface area contributed by atoms with Crippen LogP contribution >= 0.6 is 34.2 Å². The number of aliphatic hydroxyl groups is 1. The molecule has 34 heavy (non-hydrogen) atoms. The fraction of sp³-hybridized carbons (Fsp3) is 0.519. The molecule has 0 spiro atoms. The highest BCUT2D eigenvalue weighted by Crippen LogP contribution is 2.49. The minimum Gasteiger partial charge on any atom is -0.410 e. The maximum Gasteiger partial charge on any atom is 0.258 e. The summed E-state index contributed by atoms with van der Waals surface area (Å²) in [6, 6.07) is 11.8. The average molecular weight is 614 g/mol. The van der Waals surface area contributed by atoms with E-state index in [-0.39, 0.29) is 23.0 Å². The van der Waals surface area contributed by atoms with Crippen LogP contribution in [0.5, 0.6) is 0 Å². The van der Waals surface area contributed by atoms with Gasteiger partial charge in [0, 0.05) is 9.13 Å². The third-order valence-electron chi connectivity index (χ3n) is 7.44. The number of halogens is 2. The summed E-state index contributed by atoms with van der Waals surface area (Å²) in [5.41, 5.74) is 2.04. The number of carbonyl (C=O) groups excluding carboxylic acids is 1. The van der Waals surface area contributed by atoms with Crippen LogP contribution in [-0.4, -0.2) is 24.2 Å². The molecule has 1 aliphatic heterocycles. The highest BCUT2D eigenvalue weighted by molar-refractivity contribution is 14.1. The molecule has 7 heteroatoms. The summed E-state index contributed by atoms with van der Waals surface area (Å²) in [7, 11) is -2.10. The molecule has 2 aromatic rings. The Morgan fingerprint density at radius 1 is 1.12 bits per heavy atom. The topological polar surface area (TPSA) is 49.8 Å². The van der Waals surface area contributed by atoms with Gasteiger partial charge in [0.25, 0.3) is 5.91 Å². The number of fused-ring (bicyclic) bond motifs is 1. The van der Waals surface area contributed by atoms with Gasteiger partial charge in [-0.05, 0) is 77.7 Å². The molecule has 0 radical (unpaired) electrons. The fourth-order valence-corrected chi connectivity index (χ4v) is 6.89. The molecule has 0 aromatic heterocycles. The van der Waals surface area contributed by atoms with E-state index in [1.165, 1.54) is 0 Å². The zero-order valence-electron chi connectivity index (χ0n) is 21.7. The standard InChI is InChI=1S/C27H37ClINO3Si/c1-16(2)23(33-34(8,9)26(3,4)5)18-15-19(29)20-21(22(18)28)25(32)30(24(20)31)27(6,7)17-13-11-10-12-14-17/h10-16,23,25,32H,1-9H3. The van der Waals surface area contributed by atoms with E-state index < -0.39 is 20.1 Å². The SMILES string of the molecule is CC(C)C(O[Si](C)(C)C(C)(C)C)c1cc(I)c2c(c1Cl)C(O)N(C(C)(C)c1ccccc1)C2=O. The zero-order valence-corrected chi connectivity index (χ0v) is 25.6. The van der Waals surface area contributed by atoms with E-state index in [0.29, 0.717) is 16.1 Å². The Bertz CT molecular complexity index is 1080. The maximum atomic E-state index is 13.7. The van der Waals surface area contributed by atoms with Gasteiger partial charge in [-0.15, -0.1) is 0 Å². The van der Waals surface area contributed by atoms with Crippen LogP contribution in [0, 0.1) is 9.49 Å². The second-order valence-corrected chi connectivity index (χ2v) is 17.9. The van der Waals surface area contributed by atoms with Crippen molar-refractivity contribution in [3.8, 4) is 0 Å². The van der Waals surface area contributed by atoms with Crippen LogP contribution < -0.4 is 0 Å². The van der Waals surface area contributed by atoms with Gasteiger partial charge in [-0.1, -0.05) is 76.6 Å². The minimum atomic E-state index is -2.10. The Balaban J connectivity index is 2.13. The van der Waals surface area contributed by atoms with Gasteiger partial charge >= 0.3 is 0 Å². The quantitative estimate of drug-likeness (QED) is 0.265. The average Bonchev–Trinajstić information content (AvgIpc) is 3.00. The number of aliphatic hydroxyl groups excluding tert-OH is 1. The molecular weight excluding hydrogens is 577 g/mol. The zero-order chi connectivity index (χ0) is 25.8. The van der Waals surface area contributed by atoms with Crippen molar-refractivity contribution in [3.63, 3.8) is 0 Å². The minimum absolute atomic E-state index is 0.0441. The Hall–Kier alpha value is -0.933. The van der Waals surface area contributed by atoms with Crippen LogP contribution in [0.1, 0.15) is 87.8 Å². The molecule has 1 aliphatic rings. The number of hydrogen-bond donors (Lipinski definition) is 1. The van der Waals surface area contributed by atoms with Crippen molar-refractivity contribution >= 4 is 48.4 Å². The number of benzene rings is 2. The molecule has 2 aromatic carbocycles. The summed E-state index contributed by atoms with van der Waals surface area (Å²) < 4.78 is 7.63. The molecule has 0 fully saturated rings. The van der Waals surface area contributed by atoms with Gasteiger partial charge in [0.2, 0.25) is 0 Å². The molecular formula is C27H37ClINO3Si. The molecule has 0 saturated carbocycles. The lowest BCUT2D eigenvalue weighted by atomic mass is 9.92. The first-order valence-corrected chi connectivity index (χ1v) is 16.2. The Morgan fingerprint density at radius 3 is 2.18 bits per heavy atom. The first-order valence-electron chi connectivity index (χ1n) is 11.8. The summed E-state index contributed by atoms with van der Waals surface area (Å²) >= 11 is 9.22. The van der Waals surface area contributed by atoms with E-state index >= 15 is 0 Å². The molecule has 2 unspecified atom stereocenters. The van der Waals surface area contributed by atoms with Gasteiger partial charge in [-0.25, -0.2) is 0 Å². The molecule has 0 bridgehead atoms. The van der Waals surface area contributed by atoms with Crippen molar-refractivity contribution < 1.29 is 14.3 Å². The first kappa shape index (κ1) is 27.7. The van der Waals surface area contributed by atoms with Crippen LogP contribution in [0.25, 0.3) is 0 Å². The molecule has 0 aliphatic carbocycles. The van der Waals surface area contributed by atoms with Crippen molar-refractivity contribution in [3.05, 3.63) is 67.2 Å². The molecule has 4 nitrogen and oxygen atoms in total. The number of nitrogens with zero attached hydrogens (tertiary/aromatic N) is 1. The van der Waals surface area contributed by atoms with E-state index in [1.807, 2.05) is 50.2 Å². The van der Waals surface area contributed by atoms with Gasteiger partial charge in [0.15, 0.2) is 14.5 Å². The molecule has 0 saturated heterocycles. The Labute approximate surface area is 224 Å². The molecule has 1 heterocycles. The highest BCUT2D eigenvalue weighted by atomic mass is 127. The highest BCUT2D eigenvalue weighted by Gasteiger charge is 2.48. The second kappa shape index (κ2) is 9.50. The summed E-state index contributed by atoms with van der Waals surface area (Å²) in [4.78, 5) is 15.2. The van der Waals surface area contributed by atoms with Crippen molar-refractivity contribution in [1.29, 1.82) is 0 Å². The van der Waals surface area contributed by atoms with Gasteiger partial charge in [-0.2, -0.15) is 0 Å². The van der Waals surface area contributed by atoms with Crippen LogP contribution in [0.3, 0.4) is 0 Å². The van der Waals surface area contributed by atoms with Gasteiger partial charge in [0.1, 0.15) is 0 Å².